The van der Waals surface area contributed by atoms with Gasteiger partial charge in [0.2, 0.25) is 11.9 Å². The summed E-state index contributed by atoms with van der Waals surface area (Å²) in [6.07, 6.45) is 8.40. The summed E-state index contributed by atoms with van der Waals surface area (Å²) in [5, 5.41) is 18.1. The number of nitrogens with zero attached hydrogens (tertiary/aromatic N) is 9. The van der Waals surface area contributed by atoms with Crippen molar-refractivity contribution in [1.82, 2.24) is 44.6 Å². The molecule has 0 aliphatic carbocycles. The Kier molecular flexibility index (Phi) is 31.3. The summed E-state index contributed by atoms with van der Waals surface area (Å²) < 4.78 is 17.4. The minimum Gasteiger partial charge on any atom is -0.494 e. The number of rotatable bonds is 23. The van der Waals surface area contributed by atoms with Gasteiger partial charge in [0.25, 0.3) is 5.91 Å². The number of nitrogens with two attached hydrogens (primary N) is 2. The van der Waals surface area contributed by atoms with Gasteiger partial charge >= 0.3 is 0 Å². The number of fused-ring (bicyclic) bond motifs is 1. The van der Waals surface area contributed by atoms with Gasteiger partial charge in [-0.3, -0.25) is 33.5 Å². The highest BCUT2D eigenvalue weighted by Crippen LogP contribution is 2.39. The fourth-order valence-electron chi connectivity index (χ4n) is 8.00. The Morgan fingerprint density at radius 3 is 2.09 bits per heavy atom. The lowest BCUT2D eigenvalue weighted by molar-refractivity contribution is 0.0941. The van der Waals surface area contributed by atoms with Crippen molar-refractivity contribution in [1.29, 1.82) is 0 Å². The molecule has 20 heteroatoms. The summed E-state index contributed by atoms with van der Waals surface area (Å²) in [6, 6.07) is 10.6. The zero-order valence-electron chi connectivity index (χ0n) is 47.4. The maximum atomic E-state index is 13.4. The maximum Gasteiger partial charge on any atom is 0.270 e. The first-order valence-corrected chi connectivity index (χ1v) is 26.0. The molecule has 2 aromatic carbocycles. The van der Waals surface area contributed by atoms with Crippen LogP contribution < -0.4 is 41.8 Å². The number of aliphatic imine (C=N–C) groups is 1. The monoisotopic (exact) mass is 1040 g/mol. The predicted molar refractivity (Wildman–Crippen MR) is 307 cm³/mol. The number of benzene rings is 2. The molecule has 0 radical (unpaired) electrons. The van der Waals surface area contributed by atoms with E-state index in [9.17, 15) is 19.2 Å². The summed E-state index contributed by atoms with van der Waals surface area (Å²) >= 11 is 0. The van der Waals surface area contributed by atoms with Crippen molar-refractivity contribution in [3.8, 4) is 11.5 Å². The van der Waals surface area contributed by atoms with E-state index < -0.39 is 5.91 Å². The third kappa shape index (κ3) is 19.5. The van der Waals surface area contributed by atoms with Crippen molar-refractivity contribution in [3.63, 3.8) is 0 Å². The molecular formula is C55H88N14O6. The lowest BCUT2D eigenvalue weighted by atomic mass is 10.0. The van der Waals surface area contributed by atoms with Crippen molar-refractivity contribution in [3.05, 3.63) is 94.7 Å². The van der Waals surface area contributed by atoms with Crippen LogP contribution in [0.2, 0.25) is 0 Å². The fraction of sp³-hybridized carbons (Fsp3) is 0.491. The Bertz CT molecular complexity index is 2570. The lowest BCUT2D eigenvalue weighted by Gasteiger charge is -2.32. The molecule has 1 saturated heterocycles. The van der Waals surface area contributed by atoms with E-state index in [1.165, 1.54) is 14.2 Å². The van der Waals surface area contributed by atoms with Crippen molar-refractivity contribution < 1.29 is 28.7 Å². The first kappa shape index (κ1) is 65.7. The van der Waals surface area contributed by atoms with Crippen molar-refractivity contribution in [2.45, 2.75) is 121 Å². The van der Waals surface area contributed by atoms with Gasteiger partial charge < -0.3 is 51.3 Å². The lowest BCUT2D eigenvalue weighted by Crippen LogP contribution is -2.42. The van der Waals surface area contributed by atoms with Crippen LogP contribution in [0.5, 0.6) is 11.5 Å². The second-order valence-corrected chi connectivity index (χ2v) is 16.1. The number of nitrogens with one attached hydrogen (secondary N) is 3. The van der Waals surface area contributed by atoms with E-state index in [1.54, 1.807) is 52.8 Å². The summed E-state index contributed by atoms with van der Waals surface area (Å²) in [5.74, 6) is 0.618. The number of hydrogen-bond acceptors (Lipinski definition) is 15. The molecule has 1 fully saturated rings. The molecule has 0 unspecified atom stereocenters. The van der Waals surface area contributed by atoms with Crippen LogP contribution >= 0.6 is 0 Å². The van der Waals surface area contributed by atoms with E-state index in [1.807, 2.05) is 97.8 Å². The van der Waals surface area contributed by atoms with Gasteiger partial charge in [-0.1, -0.05) is 60.3 Å². The average molecular weight is 1040 g/mol. The van der Waals surface area contributed by atoms with E-state index in [4.69, 9.17) is 20.2 Å². The highest BCUT2D eigenvalue weighted by atomic mass is 16.5. The van der Waals surface area contributed by atoms with E-state index >= 15 is 0 Å². The van der Waals surface area contributed by atoms with Gasteiger partial charge in [0.15, 0.2) is 6.29 Å². The minimum atomic E-state index is -0.570. The van der Waals surface area contributed by atoms with E-state index in [0.29, 0.717) is 95.4 Å². The number of piperidine rings is 1. The molecule has 5 aromatic rings. The number of methoxy groups -OCH3 is 1. The zero-order chi connectivity index (χ0) is 56.6. The Morgan fingerprint density at radius 2 is 1.55 bits per heavy atom. The molecule has 20 nitrogen and oxygen atoms in total. The van der Waals surface area contributed by atoms with Crippen LogP contribution in [0.25, 0.3) is 11.0 Å². The number of aryl methyl sites for hydroxylation is 4. The molecule has 0 atom stereocenters. The smallest absolute Gasteiger partial charge is 0.270 e. The SMILES string of the molecule is C=Nc1cc(C=O)cc(OC)c1N(C/C=C/Cn1c(NC)nc2cc(C(N)=O)cc(OCCCN3CCC(NC(=C)C)CC3)c21)CNC(=O)c1cc(C)nn1CC.CC.CC.CC.CCn1nc(C)cc1C=O.CN. The quantitative estimate of drug-likeness (QED) is 0.0136. The zero-order valence-corrected chi connectivity index (χ0v) is 47.4. The summed E-state index contributed by atoms with van der Waals surface area (Å²) in [4.78, 5) is 61.1. The largest absolute Gasteiger partial charge is 0.494 e. The van der Waals surface area contributed by atoms with Gasteiger partial charge in [-0.15, -0.1) is 0 Å². The van der Waals surface area contributed by atoms with Crippen molar-refractivity contribution in [2.75, 3.05) is 70.9 Å². The van der Waals surface area contributed by atoms with Gasteiger partial charge in [0.1, 0.15) is 40.4 Å². The Balaban J connectivity index is 0.00000135. The van der Waals surface area contributed by atoms with Crippen LogP contribution in [-0.2, 0) is 19.6 Å². The summed E-state index contributed by atoms with van der Waals surface area (Å²) in [6.45, 7) is 34.7. The van der Waals surface area contributed by atoms with Gasteiger partial charge in [-0.25, -0.2) is 4.98 Å². The number of aldehydes is 2. The van der Waals surface area contributed by atoms with E-state index in [0.717, 1.165) is 74.3 Å². The van der Waals surface area contributed by atoms with Crippen molar-refractivity contribution >= 4 is 59.5 Å². The molecule has 1 aliphatic rings. The second-order valence-electron chi connectivity index (χ2n) is 16.1. The van der Waals surface area contributed by atoms with Crippen LogP contribution in [0.15, 0.2) is 65.8 Å². The third-order valence-electron chi connectivity index (χ3n) is 11.1. The molecule has 4 heterocycles. The number of carbonyl (C=O) groups is 4. The van der Waals surface area contributed by atoms with E-state index in [-0.39, 0.29) is 12.6 Å². The molecular weight excluding hydrogens is 953 g/mol. The molecule has 3 aromatic heterocycles. The molecule has 414 valence electrons. The van der Waals surface area contributed by atoms with Crippen molar-refractivity contribution in [2.24, 2.45) is 16.5 Å². The van der Waals surface area contributed by atoms with E-state index in [2.05, 4.69) is 55.1 Å². The van der Waals surface area contributed by atoms with Gasteiger partial charge in [-0.2, -0.15) is 10.2 Å². The number of carbonyl (C=O) groups excluding carboxylic acids is 4. The number of amides is 2. The van der Waals surface area contributed by atoms with Gasteiger partial charge in [0.05, 0.1) is 43.0 Å². The first-order chi connectivity index (χ1) is 36.3. The fourth-order valence-corrected chi connectivity index (χ4v) is 8.00. The number of hydrogen-bond donors (Lipinski definition) is 5. The molecule has 0 saturated carbocycles. The number of imidazole rings is 1. The highest BCUT2D eigenvalue weighted by Gasteiger charge is 2.22. The topological polar surface area (TPSA) is 247 Å². The van der Waals surface area contributed by atoms with Crippen LogP contribution in [0.4, 0.5) is 17.3 Å². The van der Waals surface area contributed by atoms with Crippen LogP contribution in [0.3, 0.4) is 0 Å². The molecule has 2 amide bonds. The summed E-state index contributed by atoms with van der Waals surface area (Å²) in [5.41, 5.74) is 16.9. The van der Waals surface area contributed by atoms with Gasteiger partial charge in [-0.05, 0) is 104 Å². The molecule has 6 rings (SSSR count). The number of ether oxygens (including phenoxy) is 2. The number of primary amides is 1. The maximum absolute atomic E-state index is 13.4. The number of likely N-dealkylation sites (tertiary alicyclic amines) is 1. The Morgan fingerprint density at radius 1 is 0.907 bits per heavy atom. The molecule has 7 N–H and O–H groups in total. The number of allylic oxidation sites excluding steroid dienone is 2. The molecule has 75 heavy (non-hydrogen) atoms. The van der Waals surface area contributed by atoms with Gasteiger partial charge in [0, 0.05) is 75.7 Å². The normalized spacial score (nSPS) is 11.8. The number of aromatic nitrogens is 6. The average Bonchev–Trinajstić information content (AvgIpc) is 4.14. The Labute approximate surface area is 446 Å². The third-order valence-corrected chi connectivity index (χ3v) is 11.1. The first-order valence-electron chi connectivity index (χ1n) is 26.0. The minimum absolute atomic E-state index is 0.0729. The highest BCUT2D eigenvalue weighted by molar-refractivity contribution is 5.99. The van der Waals surface area contributed by atoms with Crippen LogP contribution in [0.1, 0.15) is 135 Å². The van der Waals surface area contributed by atoms with Crippen LogP contribution in [0, 0.1) is 13.8 Å². The summed E-state index contributed by atoms with van der Waals surface area (Å²) in [7, 11) is 4.79. The van der Waals surface area contributed by atoms with Crippen LogP contribution in [-0.4, -0.2) is 132 Å². The second kappa shape index (κ2) is 35.8. The molecule has 0 bridgehead atoms. The molecule has 0 spiro atoms. The Hall–Kier alpha value is -7.32. The molecule has 1 aliphatic heterocycles. The standard InChI is InChI=1S/C41H55N11O5.C7H10N2O.3C2H6.CH5N/c1-8-52-34(20-28(4)48-52)40(55)45-26-50(37-32(43-5)21-29(25-53)22-35(37)56-7)15-9-10-16-51-38-33(47-41(51)44-6)23-30(39(42)54)24-36(38)57-19-11-14-49-17-12-31(13-18-49)46-27(2)3;1-3-9-7(5-10)4-6(2)8-9;4*1-2/h9-10,20-25,31,46H,2,5,8,11-19,26H2,1,3-4,6-7H3,(H2,42,54)(H,44,47)(H,45,55);4-5H,3H2,1-2H3;3*1-2H3;2H2,1H3/b10-9+;;;;;. The number of anilines is 2. The predicted octanol–water partition coefficient (Wildman–Crippen LogP) is 8.34.